The summed E-state index contributed by atoms with van der Waals surface area (Å²) in [6.45, 7) is 4.59. The lowest BCUT2D eigenvalue weighted by Gasteiger charge is -2.25. The van der Waals surface area contributed by atoms with Crippen LogP contribution >= 0.6 is 11.9 Å². The highest BCUT2D eigenvalue weighted by Gasteiger charge is 2.40. The van der Waals surface area contributed by atoms with Crippen LogP contribution in [0.25, 0.3) is 0 Å². The number of benzene rings is 2. The van der Waals surface area contributed by atoms with E-state index in [4.69, 9.17) is 0 Å². The van der Waals surface area contributed by atoms with E-state index in [2.05, 4.69) is 0 Å². The second kappa shape index (κ2) is 10.2. The Morgan fingerprint density at radius 1 is 0.759 bits per heavy atom. The zero-order valence-electron chi connectivity index (χ0n) is 16.3. The van der Waals surface area contributed by atoms with Gasteiger partial charge in [0.2, 0.25) is 0 Å². The Balaban J connectivity index is 2.53. The third-order valence-electron chi connectivity index (χ3n) is 3.87. The van der Waals surface area contributed by atoms with Crippen molar-refractivity contribution < 1.29 is 21.6 Å². The molecule has 2 aromatic rings. The molecule has 2 rings (SSSR count). The molecule has 0 aliphatic heterocycles. The smallest absolute Gasteiger partial charge is 0.298 e. The van der Waals surface area contributed by atoms with Crippen LogP contribution in [0.4, 0.5) is 4.79 Å². The lowest BCUT2D eigenvalue weighted by atomic mass is 10.4. The van der Waals surface area contributed by atoms with Crippen LogP contribution in [0, 0.1) is 0 Å². The molecule has 158 valence electrons. The molecular weight excluding hydrogens is 432 g/mol. The third kappa shape index (κ3) is 5.59. The van der Waals surface area contributed by atoms with Crippen LogP contribution in [0.2, 0.25) is 0 Å². The van der Waals surface area contributed by atoms with Crippen LogP contribution in [-0.4, -0.2) is 43.2 Å². The van der Waals surface area contributed by atoms with Crippen molar-refractivity contribution in [2.45, 2.75) is 36.5 Å². The monoisotopic (exact) mass is 456 g/mol. The van der Waals surface area contributed by atoms with Gasteiger partial charge in [-0.3, -0.25) is 4.79 Å². The summed E-state index contributed by atoms with van der Waals surface area (Å²) >= 11 is 0.181. The fourth-order valence-corrected chi connectivity index (χ4v) is 7.55. The molecule has 0 saturated heterocycles. The first kappa shape index (κ1) is 23.4. The number of rotatable bonds is 9. The second-order valence-corrected chi connectivity index (χ2v) is 11.3. The number of sulfonamides is 2. The first-order valence-corrected chi connectivity index (χ1v) is 12.8. The first-order chi connectivity index (χ1) is 13.7. The van der Waals surface area contributed by atoms with E-state index < -0.39 is 25.3 Å². The molecule has 0 radical (unpaired) electrons. The second-order valence-electron chi connectivity index (χ2n) is 6.14. The summed E-state index contributed by atoms with van der Waals surface area (Å²) in [4.78, 5) is 13.8. The largest absolute Gasteiger partial charge is 0.332 e. The molecule has 0 fully saturated rings. The third-order valence-corrected chi connectivity index (χ3v) is 9.76. The Morgan fingerprint density at radius 2 is 1.14 bits per heavy atom. The molecule has 0 heterocycles. The molecule has 2 aromatic carbocycles. The van der Waals surface area contributed by atoms with Gasteiger partial charge in [-0.25, -0.2) is 16.8 Å². The fourth-order valence-electron chi connectivity index (χ4n) is 2.54. The Bertz CT molecular complexity index is 935. The van der Waals surface area contributed by atoms with Crippen molar-refractivity contribution in [1.29, 1.82) is 0 Å². The highest BCUT2D eigenvalue weighted by molar-refractivity contribution is 8.27. The molecule has 0 bridgehead atoms. The van der Waals surface area contributed by atoms with Crippen molar-refractivity contribution in [1.82, 2.24) is 8.02 Å². The summed E-state index contributed by atoms with van der Waals surface area (Å²) < 4.78 is 53.0. The van der Waals surface area contributed by atoms with Crippen molar-refractivity contribution in [3.63, 3.8) is 0 Å². The van der Waals surface area contributed by atoms with E-state index in [1.807, 2.05) is 13.8 Å². The molecule has 29 heavy (non-hydrogen) atoms. The molecule has 1 amide bonds. The van der Waals surface area contributed by atoms with Gasteiger partial charge in [-0.05, 0) is 40.2 Å². The molecule has 0 unspecified atom stereocenters. The Hall–Kier alpha value is -1.88. The van der Waals surface area contributed by atoms with Gasteiger partial charge in [0.25, 0.3) is 25.3 Å². The molecule has 0 aliphatic rings. The lowest BCUT2D eigenvalue weighted by Crippen LogP contribution is -2.37. The summed E-state index contributed by atoms with van der Waals surface area (Å²) in [7, 11) is -9.01. The highest BCUT2D eigenvalue weighted by Crippen LogP contribution is 2.32. The van der Waals surface area contributed by atoms with Gasteiger partial charge in [-0.2, -0.15) is 0 Å². The van der Waals surface area contributed by atoms with Gasteiger partial charge in [-0.15, -0.1) is 0 Å². The lowest BCUT2D eigenvalue weighted by molar-refractivity contribution is 0.222. The Labute approximate surface area is 177 Å². The summed E-state index contributed by atoms with van der Waals surface area (Å²) in [5.41, 5.74) is 0. The van der Waals surface area contributed by atoms with Gasteiger partial charge >= 0.3 is 0 Å². The minimum Gasteiger partial charge on any atom is -0.332 e. The number of hydrogen-bond acceptors (Lipinski definition) is 6. The summed E-state index contributed by atoms with van der Waals surface area (Å²) in [6.07, 6.45) is 1.34. The predicted molar refractivity (Wildman–Crippen MR) is 114 cm³/mol. The van der Waals surface area contributed by atoms with Crippen molar-refractivity contribution in [3.05, 3.63) is 60.7 Å². The Morgan fingerprint density at radius 3 is 1.48 bits per heavy atom. The minimum absolute atomic E-state index is 0.181. The molecule has 0 aromatic heterocycles. The number of amides is 1. The van der Waals surface area contributed by atoms with Gasteiger partial charge in [0.15, 0.2) is 0 Å². The van der Waals surface area contributed by atoms with Crippen molar-refractivity contribution in [2.24, 2.45) is 0 Å². The zero-order valence-corrected chi connectivity index (χ0v) is 18.7. The van der Waals surface area contributed by atoms with E-state index in [-0.39, 0.29) is 24.9 Å². The van der Waals surface area contributed by atoms with Gasteiger partial charge < -0.3 is 4.90 Å². The maximum Gasteiger partial charge on any atom is 0.298 e. The molecule has 0 saturated carbocycles. The van der Waals surface area contributed by atoms with Gasteiger partial charge in [0.1, 0.15) is 0 Å². The van der Waals surface area contributed by atoms with Gasteiger partial charge in [-0.1, -0.05) is 50.2 Å². The van der Waals surface area contributed by atoms with Crippen LogP contribution in [-0.2, 0) is 20.0 Å². The fraction of sp³-hybridized carbons (Fsp3) is 0.316. The molecule has 0 N–H and O–H groups in total. The van der Waals surface area contributed by atoms with Crippen LogP contribution in [0.3, 0.4) is 0 Å². The van der Waals surface area contributed by atoms with Crippen molar-refractivity contribution >= 4 is 37.2 Å². The summed E-state index contributed by atoms with van der Waals surface area (Å²) in [5, 5.41) is -0.632. The van der Waals surface area contributed by atoms with Crippen molar-refractivity contribution in [2.75, 3.05) is 13.1 Å². The molecular formula is C19H24N2O5S3. The quantitative estimate of drug-likeness (QED) is 0.531. The van der Waals surface area contributed by atoms with Gasteiger partial charge in [0, 0.05) is 13.1 Å². The average Bonchev–Trinajstić information content (AvgIpc) is 2.72. The van der Waals surface area contributed by atoms with Crippen LogP contribution in [0.5, 0.6) is 0 Å². The average molecular weight is 457 g/mol. The number of nitrogens with zero attached hydrogens (tertiary/aromatic N) is 2. The molecule has 0 aliphatic carbocycles. The van der Waals surface area contributed by atoms with E-state index in [0.717, 1.165) is 0 Å². The maximum absolute atomic E-state index is 13.2. The predicted octanol–water partition coefficient (Wildman–Crippen LogP) is 3.96. The molecule has 10 heteroatoms. The minimum atomic E-state index is -4.50. The topological polar surface area (TPSA) is 91.8 Å². The van der Waals surface area contributed by atoms with E-state index in [1.54, 1.807) is 12.1 Å². The van der Waals surface area contributed by atoms with E-state index in [1.165, 1.54) is 53.4 Å². The van der Waals surface area contributed by atoms with E-state index in [9.17, 15) is 21.6 Å². The van der Waals surface area contributed by atoms with Crippen LogP contribution in [0.1, 0.15) is 26.7 Å². The zero-order chi connectivity index (χ0) is 21.5. The Kier molecular flexibility index (Phi) is 8.26. The van der Waals surface area contributed by atoms with Gasteiger partial charge in [0.05, 0.1) is 21.7 Å². The number of hydrogen-bond donors (Lipinski definition) is 0. The molecule has 0 spiro atoms. The normalized spacial score (nSPS) is 12.1. The van der Waals surface area contributed by atoms with Crippen molar-refractivity contribution in [3.8, 4) is 0 Å². The van der Waals surface area contributed by atoms with Crippen LogP contribution < -0.4 is 0 Å². The standard InChI is InChI=1S/C19H24N2O5S3/c1-3-15-20(16-4-2)19(22)27-21(28(23,24)17-11-7-5-8-12-17)29(25,26)18-13-9-6-10-14-18/h5-14H,3-4,15-16H2,1-2H3. The summed E-state index contributed by atoms with van der Waals surface area (Å²) in [5.74, 6) is 0. The van der Waals surface area contributed by atoms with E-state index >= 15 is 0 Å². The maximum atomic E-state index is 13.2. The highest BCUT2D eigenvalue weighted by atomic mass is 32.3. The molecule has 7 nitrogen and oxygen atoms in total. The van der Waals surface area contributed by atoms with E-state index in [0.29, 0.717) is 25.9 Å². The van der Waals surface area contributed by atoms with Crippen LogP contribution in [0.15, 0.2) is 70.5 Å². The SMILES string of the molecule is CCCN(CCC)C(=O)SN(S(=O)(=O)c1ccccc1)S(=O)(=O)c1ccccc1. The first-order valence-electron chi connectivity index (χ1n) is 9.12. The summed E-state index contributed by atoms with van der Waals surface area (Å²) in [6, 6.07) is 14.4. The number of carbonyl (C=O) groups excluding carboxylic acids is 1. The molecule has 0 atom stereocenters. The number of carbonyl (C=O) groups is 1.